The predicted octanol–water partition coefficient (Wildman–Crippen LogP) is 3.07. The number of aldehydes is 1. The van der Waals surface area contributed by atoms with Crippen LogP contribution in [0.15, 0.2) is 47.2 Å². The molecule has 0 aliphatic heterocycles. The van der Waals surface area contributed by atoms with E-state index in [1.54, 1.807) is 17.4 Å². The molecule has 1 heterocycles. The van der Waals surface area contributed by atoms with Crippen molar-refractivity contribution in [3.05, 3.63) is 52.8 Å². The number of carbonyl (C=O) groups is 1. The molecule has 0 saturated carbocycles. The minimum absolute atomic E-state index is 0.757. The van der Waals surface area contributed by atoms with E-state index >= 15 is 0 Å². The van der Waals surface area contributed by atoms with E-state index in [2.05, 4.69) is 11.4 Å². The highest BCUT2D eigenvalue weighted by Crippen LogP contribution is 2.07. The fraction of sp³-hybridized carbons (Fsp3) is 0. The number of hydrogen-bond acceptors (Lipinski definition) is 2. The van der Waals surface area contributed by atoms with Crippen LogP contribution in [0.4, 0.5) is 0 Å². The van der Waals surface area contributed by atoms with Crippen molar-refractivity contribution in [3.8, 4) is 0 Å². The van der Waals surface area contributed by atoms with Gasteiger partial charge in [0.15, 0.2) is 0 Å². The second kappa shape index (κ2) is 6.14. The lowest BCUT2D eigenvalue weighted by molar-refractivity contribution is -0.104. The third-order valence-electron chi connectivity index (χ3n) is 1.35. The molecule has 0 atom stereocenters. The number of allylic oxidation sites excluding steroid dienone is 5. The minimum Gasteiger partial charge on any atom is -0.299 e. The zero-order chi connectivity index (χ0) is 9.36. The van der Waals surface area contributed by atoms with Crippen LogP contribution in [0.1, 0.15) is 5.56 Å². The molecule has 0 aliphatic rings. The molecule has 0 N–H and O–H groups in total. The van der Waals surface area contributed by atoms with Crippen LogP contribution in [0.3, 0.4) is 0 Å². The van der Waals surface area contributed by atoms with E-state index in [1.165, 1.54) is 11.6 Å². The normalized spacial score (nSPS) is 12.0. The third kappa shape index (κ3) is 4.23. The molecule has 0 radical (unpaired) electrons. The highest BCUT2D eigenvalue weighted by molar-refractivity contribution is 7.08. The van der Waals surface area contributed by atoms with Crippen molar-refractivity contribution in [1.29, 1.82) is 0 Å². The van der Waals surface area contributed by atoms with Crippen LogP contribution in [0.25, 0.3) is 6.08 Å². The van der Waals surface area contributed by atoms with Crippen molar-refractivity contribution in [2.45, 2.75) is 0 Å². The van der Waals surface area contributed by atoms with E-state index in [9.17, 15) is 4.79 Å². The van der Waals surface area contributed by atoms with E-state index in [-0.39, 0.29) is 0 Å². The summed E-state index contributed by atoms with van der Waals surface area (Å²) in [6.45, 7) is 0. The Morgan fingerprint density at radius 2 is 1.85 bits per heavy atom. The van der Waals surface area contributed by atoms with Crippen LogP contribution in [0, 0.1) is 0 Å². The predicted molar refractivity (Wildman–Crippen MR) is 57.7 cm³/mol. The molecule has 0 bridgehead atoms. The Morgan fingerprint density at radius 3 is 2.54 bits per heavy atom. The smallest absolute Gasteiger partial charge is 0.142 e. The highest BCUT2D eigenvalue weighted by atomic mass is 32.1. The van der Waals surface area contributed by atoms with E-state index in [4.69, 9.17) is 0 Å². The fourth-order valence-electron chi connectivity index (χ4n) is 0.774. The molecule has 0 fully saturated rings. The Balaban J connectivity index is 2.38. The molecular weight excluding hydrogens is 180 g/mol. The summed E-state index contributed by atoms with van der Waals surface area (Å²) in [5.74, 6) is 0. The largest absolute Gasteiger partial charge is 0.299 e. The Bertz CT molecular complexity index is 318. The maximum atomic E-state index is 9.89. The van der Waals surface area contributed by atoms with Gasteiger partial charge in [0.1, 0.15) is 6.29 Å². The Labute approximate surface area is 81.7 Å². The molecule has 13 heavy (non-hydrogen) atoms. The molecule has 0 amide bonds. The van der Waals surface area contributed by atoms with Gasteiger partial charge in [-0.3, -0.25) is 4.79 Å². The van der Waals surface area contributed by atoms with Crippen LogP contribution >= 0.6 is 11.3 Å². The summed E-state index contributed by atoms with van der Waals surface area (Å²) < 4.78 is 0. The van der Waals surface area contributed by atoms with Crippen LogP contribution in [-0.2, 0) is 4.79 Å². The molecule has 0 unspecified atom stereocenters. The summed E-state index contributed by atoms with van der Waals surface area (Å²) in [6.07, 6.45) is 11.6. The maximum Gasteiger partial charge on any atom is 0.142 e. The molecular formula is C11H10OS. The standard InChI is InChI=1S/C11H10OS/c12-8-5-3-1-2-4-6-11-7-9-13-10-11/h1-10H. The second-order valence-corrected chi connectivity index (χ2v) is 3.10. The zero-order valence-electron chi connectivity index (χ0n) is 7.09. The van der Waals surface area contributed by atoms with E-state index in [0.717, 1.165) is 6.29 Å². The van der Waals surface area contributed by atoms with Gasteiger partial charge < -0.3 is 0 Å². The summed E-state index contributed by atoms with van der Waals surface area (Å²) in [5.41, 5.74) is 1.20. The summed E-state index contributed by atoms with van der Waals surface area (Å²) in [4.78, 5) is 9.89. The third-order valence-corrected chi connectivity index (χ3v) is 2.06. The first kappa shape index (κ1) is 9.68. The van der Waals surface area contributed by atoms with E-state index < -0.39 is 0 Å². The maximum absolute atomic E-state index is 9.89. The van der Waals surface area contributed by atoms with Gasteiger partial charge in [-0.15, -0.1) is 0 Å². The fourth-order valence-corrected chi connectivity index (χ4v) is 1.40. The first-order valence-corrected chi connectivity index (χ1v) is 4.85. The molecule has 0 saturated heterocycles. The highest BCUT2D eigenvalue weighted by Gasteiger charge is 1.81. The molecule has 66 valence electrons. The van der Waals surface area contributed by atoms with Crippen LogP contribution in [0.2, 0.25) is 0 Å². The van der Waals surface area contributed by atoms with Gasteiger partial charge in [-0.1, -0.05) is 30.4 Å². The van der Waals surface area contributed by atoms with Gasteiger partial charge in [-0.25, -0.2) is 0 Å². The molecule has 1 aromatic heterocycles. The Hall–Kier alpha value is -1.41. The van der Waals surface area contributed by atoms with Crippen LogP contribution in [-0.4, -0.2) is 6.29 Å². The van der Waals surface area contributed by atoms with Gasteiger partial charge in [0.05, 0.1) is 0 Å². The van der Waals surface area contributed by atoms with Crippen molar-refractivity contribution in [3.63, 3.8) is 0 Å². The topological polar surface area (TPSA) is 17.1 Å². The number of thiophene rings is 1. The van der Waals surface area contributed by atoms with E-state index in [1.807, 2.05) is 29.7 Å². The van der Waals surface area contributed by atoms with Crippen LogP contribution in [0.5, 0.6) is 0 Å². The average Bonchev–Trinajstić information content (AvgIpc) is 2.63. The van der Waals surface area contributed by atoms with Crippen molar-refractivity contribution < 1.29 is 4.79 Å². The SMILES string of the molecule is O=CC=CC=CC=Cc1ccsc1. The zero-order valence-corrected chi connectivity index (χ0v) is 7.91. The van der Waals surface area contributed by atoms with Crippen molar-refractivity contribution in [2.24, 2.45) is 0 Å². The van der Waals surface area contributed by atoms with Crippen molar-refractivity contribution in [1.82, 2.24) is 0 Å². The van der Waals surface area contributed by atoms with Gasteiger partial charge in [-0.2, -0.15) is 11.3 Å². The number of carbonyl (C=O) groups excluding carboxylic acids is 1. The second-order valence-electron chi connectivity index (χ2n) is 2.32. The van der Waals surface area contributed by atoms with Crippen LogP contribution < -0.4 is 0 Å². The summed E-state index contributed by atoms with van der Waals surface area (Å²) in [6, 6.07) is 2.05. The molecule has 2 heteroatoms. The first-order valence-electron chi connectivity index (χ1n) is 3.91. The number of rotatable bonds is 4. The van der Waals surface area contributed by atoms with Gasteiger partial charge in [0.25, 0.3) is 0 Å². The Morgan fingerprint density at radius 1 is 1.08 bits per heavy atom. The summed E-state index contributed by atoms with van der Waals surface area (Å²) >= 11 is 1.68. The molecule has 0 aromatic carbocycles. The first-order chi connectivity index (χ1) is 6.43. The van der Waals surface area contributed by atoms with Gasteiger partial charge in [0.2, 0.25) is 0 Å². The molecule has 0 spiro atoms. The van der Waals surface area contributed by atoms with Crippen molar-refractivity contribution >= 4 is 23.7 Å². The van der Waals surface area contributed by atoms with Gasteiger partial charge in [-0.05, 0) is 28.5 Å². The lowest BCUT2D eigenvalue weighted by atomic mass is 10.3. The molecule has 1 nitrogen and oxygen atoms in total. The molecule has 0 aliphatic carbocycles. The minimum atomic E-state index is 0.757. The molecule has 1 rings (SSSR count). The van der Waals surface area contributed by atoms with E-state index in [0.29, 0.717) is 0 Å². The summed E-state index contributed by atoms with van der Waals surface area (Å²) in [7, 11) is 0. The monoisotopic (exact) mass is 190 g/mol. The number of hydrogen-bond donors (Lipinski definition) is 0. The Kier molecular flexibility index (Phi) is 4.57. The lowest BCUT2D eigenvalue weighted by Gasteiger charge is -1.78. The van der Waals surface area contributed by atoms with Gasteiger partial charge >= 0.3 is 0 Å². The summed E-state index contributed by atoms with van der Waals surface area (Å²) in [5, 5.41) is 4.11. The molecule has 1 aromatic rings. The lowest BCUT2D eigenvalue weighted by Crippen LogP contribution is -1.58. The average molecular weight is 190 g/mol. The van der Waals surface area contributed by atoms with Crippen molar-refractivity contribution in [2.75, 3.05) is 0 Å². The van der Waals surface area contributed by atoms with Gasteiger partial charge in [0, 0.05) is 0 Å². The quantitative estimate of drug-likeness (QED) is 0.405.